The van der Waals surface area contributed by atoms with Gasteiger partial charge in [-0.1, -0.05) is 68.3 Å². The molecule has 0 aliphatic carbocycles. The molecule has 0 aliphatic rings. The number of ether oxygens (including phenoxy) is 1. The van der Waals surface area contributed by atoms with Gasteiger partial charge in [0.2, 0.25) is 10.0 Å². The molecule has 0 bridgehead atoms. The van der Waals surface area contributed by atoms with Crippen LogP contribution < -0.4 is 15.1 Å². The smallest absolute Gasteiger partial charge is 0.336 e. The zero-order valence-electron chi connectivity index (χ0n) is 20.2. The molecule has 0 amide bonds. The molecular weight excluding hydrogens is 478 g/mol. The van der Waals surface area contributed by atoms with Crippen molar-refractivity contribution in [2.45, 2.75) is 38.1 Å². The Kier molecular flexibility index (Phi) is 7.37. The number of aryl methyl sites for hydroxylation is 1. The first-order valence-electron chi connectivity index (χ1n) is 11.6. The first kappa shape index (κ1) is 25.3. The van der Waals surface area contributed by atoms with Crippen LogP contribution in [-0.2, 0) is 14.8 Å². The van der Waals surface area contributed by atoms with E-state index in [-0.39, 0.29) is 22.1 Å². The van der Waals surface area contributed by atoms with Gasteiger partial charge in [-0.3, -0.25) is 0 Å². The summed E-state index contributed by atoms with van der Waals surface area (Å²) in [5.74, 6) is -0.939. The van der Waals surface area contributed by atoms with E-state index in [4.69, 9.17) is 9.15 Å². The largest absolute Gasteiger partial charge is 0.425 e. The number of hydrogen-bond donors (Lipinski definition) is 1. The zero-order chi connectivity index (χ0) is 25.9. The fourth-order valence-electron chi connectivity index (χ4n) is 3.83. The van der Waals surface area contributed by atoms with Crippen LogP contribution in [0.4, 0.5) is 0 Å². The lowest BCUT2D eigenvalue weighted by Crippen LogP contribution is -2.46. The number of esters is 1. The molecule has 0 radical (unpaired) electrons. The topological polar surface area (TPSA) is 103 Å². The molecule has 1 heterocycles. The van der Waals surface area contributed by atoms with Crippen molar-refractivity contribution in [1.29, 1.82) is 0 Å². The summed E-state index contributed by atoms with van der Waals surface area (Å²) in [6.07, 6.45) is 0.545. The highest BCUT2D eigenvalue weighted by Crippen LogP contribution is 2.30. The van der Waals surface area contributed by atoms with Gasteiger partial charge >= 0.3 is 11.6 Å². The van der Waals surface area contributed by atoms with Crippen LogP contribution >= 0.6 is 0 Å². The third kappa shape index (κ3) is 5.56. The fraction of sp³-hybridized carbons (Fsp3) is 0.214. The molecule has 3 aromatic carbocycles. The monoisotopic (exact) mass is 505 g/mol. The van der Waals surface area contributed by atoms with Crippen LogP contribution in [0.2, 0.25) is 0 Å². The molecule has 1 aromatic heterocycles. The average Bonchev–Trinajstić information content (AvgIpc) is 2.87. The average molecular weight is 506 g/mol. The van der Waals surface area contributed by atoms with E-state index in [0.29, 0.717) is 17.4 Å². The lowest BCUT2D eigenvalue weighted by atomic mass is 10.0. The van der Waals surface area contributed by atoms with Crippen molar-refractivity contribution in [2.75, 3.05) is 0 Å². The molecule has 0 fully saturated rings. The Morgan fingerprint density at radius 3 is 2.36 bits per heavy atom. The predicted molar refractivity (Wildman–Crippen MR) is 138 cm³/mol. The molecule has 36 heavy (non-hydrogen) atoms. The van der Waals surface area contributed by atoms with Crippen molar-refractivity contribution >= 4 is 27.0 Å². The molecule has 0 spiro atoms. The lowest BCUT2D eigenvalue weighted by molar-refractivity contribution is -0.137. The van der Waals surface area contributed by atoms with Crippen LogP contribution in [0, 0.1) is 12.8 Å². The minimum Gasteiger partial charge on any atom is -0.425 e. The Morgan fingerprint density at radius 1 is 1.00 bits per heavy atom. The molecule has 0 saturated carbocycles. The second kappa shape index (κ2) is 10.5. The van der Waals surface area contributed by atoms with Crippen LogP contribution in [0.15, 0.2) is 93.0 Å². The minimum atomic E-state index is -3.96. The highest BCUT2D eigenvalue weighted by Gasteiger charge is 2.31. The van der Waals surface area contributed by atoms with E-state index in [0.717, 1.165) is 11.1 Å². The SMILES string of the molecule is CCC(C)C(NS(=O)(=O)c1ccc(C)cc1)C(=O)Oc1ccc2c(-c3ccccc3)cc(=O)oc2c1. The number of hydrogen-bond acceptors (Lipinski definition) is 6. The third-order valence-electron chi connectivity index (χ3n) is 6.10. The lowest BCUT2D eigenvalue weighted by Gasteiger charge is -2.22. The summed E-state index contributed by atoms with van der Waals surface area (Å²) in [7, 11) is -3.96. The van der Waals surface area contributed by atoms with Crippen molar-refractivity contribution in [1.82, 2.24) is 4.72 Å². The van der Waals surface area contributed by atoms with Gasteiger partial charge in [0.15, 0.2) is 0 Å². The summed E-state index contributed by atoms with van der Waals surface area (Å²) in [4.78, 5) is 25.4. The van der Waals surface area contributed by atoms with Crippen molar-refractivity contribution < 1.29 is 22.4 Å². The molecule has 186 valence electrons. The van der Waals surface area contributed by atoms with E-state index < -0.39 is 27.7 Å². The summed E-state index contributed by atoms with van der Waals surface area (Å²) >= 11 is 0. The maximum absolute atomic E-state index is 13.1. The number of fused-ring (bicyclic) bond motifs is 1. The van der Waals surface area contributed by atoms with Gasteiger partial charge in [0, 0.05) is 17.5 Å². The van der Waals surface area contributed by atoms with Crippen LogP contribution in [0.1, 0.15) is 25.8 Å². The highest BCUT2D eigenvalue weighted by atomic mass is 32.2. The Labute approximate surface area is 209 Å². The Morgan fingerprint density at radius 2 is 1.69 bits per heavy atom. The standard InChI is InChI=1S/C28H27NO6S/c1-4-19(3)27(29-36(32,33)22-13-10-18(2)11-14-22)28(31)34-21-12-15-23-24(20-8-6-5-7-9-20)17-26(30)35-25(23)16-21/h5-17,19,27,29H,4H2,1-3H3. The van der Waals surface area contributed by atoms with Crippen LogP contribution in [-0.4, -0.2) is 20.4 Å². The Hall–Kier alpha value is -3.75. The molecule has 0 aliphatic heterocycles. The van der Waals surface area contributed by atoms with E-state index in [9.17, 15) is 18.0 Å². The van der Waals surface area contributed by atoms with Crippen molar-refractivity contribution in [3.8, 4) is 16.9 Å². The first-order chi connectivity index (χ1) is 17.2. The van der Waals surface area contributed by atoms with E-state index >= 15 is 0 Å². The van der Waals surface area contributed by atoms with E-state index in [1.807, 2.05) is 44.2 Å². The number of rotatable bonds is 8. The molecular formula is C28H27NO6S. The van der Waals surface area contributed by atoms with Gasteiger partial charge in [-0.25, -0.2) is 18.0 Å². The summed E-state index contributed by atoms with van der Waals surface area (Å²) < 4.78 is 39.3. The number of nitrogens with one attached hydrogen (secondary N) is 1. The number of sulfonamides is 1. The van der Waals surface area contributed by atoms with Gasteiger partial charge in [0.1, 0.15) is 17.4 Å². The van der Waals surface area contributed by atoms with Gasteiger partial charge in [-0.05, 0) is 48.2 Å². The second-order valence-corrected chi connectivity index (χ2v) is 10.4. The molecule has 2 unspecified atom stereocenters. The van der Waals surface area contributed by atoms with Crippen molar-refractivity contribution in [3.05, 3.63) is 94.8 Å². The van der Waals surface area contributed by atoms with Gasteiger partial charge < -0.3 is 9.15 Å². The number of carbonyl (C=O) groups is 1. The van der Waals surface area contributed by atoms with Crippen molar-refractivity contribution in [3.63, 3.8) is 0 Å². The second-order valence-electron chi connectivity index (χ2n) is 8.72. The normalized spacial score (nSPS) is 13.3. The van der Waals surface area contributed by atoms with Crippen molar-refractivity contribution in [2.24, 2.45) is 5.92 Å². The molecule has 4 aromatic rings. The third-order valence-corrected chi connectivity index (χ3v) is 7.56. The van der Waals surface area contributed by atoms with E-state index in [1.165, 1.54) is 24.3 Å². The summed E-state index contributed by atoms with van der Waals surface area (Å²) in [6, 6.07) is 20.8. The van der Waals surface area contributed by atoms with Crippen LogP contribution in [0.25, 0.3) is 22.1 Å². The molecule has 1 N–H and O–H groups in total. The molecule has 7 nitrogen and oxygen atoms in total. The molecule has 0 saturated heterocycles. The maximum atomic E-state index is 13.1. The molecule has 8 heteroatoms. The molecule has 4 rings (SSSR count). The van der Waals surface area contributed by atoms with Crippen LogP contribution in [0.5, 0.6) is 5.75 Å². The van der Waals surface area contributed by atoms with Gasteiger partial charge in [-0.15, -0.1) is 0 Å². The van der Waals surface area contributed by atoms with Gasteiger partial charge in [-0.2, -0.15) is 4.72 Å². The zero-order valence-corrected chi connectivity index (χ0v) is 21.0. The van der Waals surface area contributed by atoms with Gasteiger partial charge in [0.25, 0.3) is 0 Å². The maximum Gasteiger partial charge on any atom is 0.336 e. The van der Waals surface area contributed by atoms with Crippen LogP contribution in [0.3, 0.4) is 0 Å². The van der Waals surface area contributed by atoms with E-state index in [1.54, 1.807) is 31.2 Å². The molecule has 2 atom stereocenters. The summed E-state index contributed by atoms with van der Waals surface area (Å²) in [6.45, 7) is 5.49. The number of benzene rings is 3. The summed E-state index contributed by atoms with van der Waals surface area (Å²) in [5, 5.41) is 0.680. The highest BCUT2D eigenvalue weighted by molar-refractivity contribution is 7.89. The fourth-order valence-corrected chi connectivity index (χ4v) is 5.12. The predicted octanol–water partition coefficient (Wildman–Crippen LogP) is 5.07. The number of carbonyl (C=O) groups excluding carboxylic acids is 1. The minimum absolute atomic E-state index is 0.0649. The van der Waals surface area contributed by atoms with E-state index in [2.05, 4.69) is 4.72 Å². The summed E-state index contributed by atoms with van der Waals surface area (Å²) in [5.41, 5.74) is 2.19. The first-order valence-corrected chi connectivity index (χ1v) is 13.1. The Bertz CT molecular complexity index is 1540. The quantitative estimate of drug-likeness (QED) is 0.204. The van der Waals surface area contributed by atoms with Gasteiger partial charge in [0.05, 0.1) is 4.90 Å². The Balaban J connectivity index is 1.63.